The van der Waals surface area contributed by atoms with E-state index in [1.165, 1.54) is 21.9 Å². The molecule has 0 aliphatic heterocycles. The average molecular weight is 305 g/mol. The molecule has 0 N–H and O–H groups in total. The zero-order valence-electron chi connectivity index (χ0n) is 10.7. The minimum Gasteiger partial charge on any atom is -0.496 e. The highest BCUT2D eigenvalue weighted by atomic mass is 79.9. The van der Waals surface area contributed by atoms with Crippen LogP contribution in [0.3, 0.4) is 0 Å². The summed E-state index contributed by atoms with van der Waals surface area (Å²) >= 11 is 3.53. The van der Waals surface area contributed by atoms with Crippen LogP contribution in [0.4, 0.5) is 0 Å². The molecule has 18 heavy (non-hydrogen) atoms. The lowest BCUT2D eigenvalue weighted by Crippen LogP contribution is -1.88. The SMILES string of the molecule is CCC(=Cc1ccc(OC)c2ccccc12)CBr. The summed E-state index contributed by atoms with van der Waals surface area (Å²) in [5.74, 6) is 0.930. The minimum atomic E-state index is 0.920. The van der Waals surface area contributed by atoms with Crippen LogP contribution in [0.1, 0.15) is 18.9 Å². The molecule has 0 atom stereocenters. The Labute approximate surface area is 117 Å². The van der Waals surface area contributed by atoms with Crippen LogP contribution in [-0.4, -0.2) is 12.4 Å². The first-order valence-corrected chi connectivity index (χ1v) is 7.23. The standard InChI is InChI=1S/C16H17BrO/c1-3-12(11-17)10-13-8-9-16(18-2)15-7-5-4-6-14(13)15/h4-10H,3,11H2,1-2H3. The normalized spacial score (nSPS) is 11.8. The number of fused-ring (bicyclic) bond motifs is 1. The summed E-state index contributed by atoms with van der Waals surface area (Å²) in [4.78, 5) is 0. The fourth-order valence-electron chi connectivity index (χ4n) is 2.05. The lowest BCUT2D eigenvalue weighted by molar-refractivity contribution is 0.420. The molecule has 0 radical (unpaired) electrons. The first-order valence-electron chi connectivity index (χ1n) is 6.11. The van der Waals surface area contributed by atoms with Crippen LogP contribution in [0, 0.1) is 0 Å². The van der Waals surface area contributed by atoms with E-state index in [-0.39, 0.29) is 0 Å². The summed E-state index contributed by atoms with van der Waals surface area (Å²) in [6.45, 7) is 2.18. The molecule has 0 saturated carbocycles. The van der Waals surface area contributed by atoms with Crippen LogP contribution in [0.25, 0.3) is 16.8 Å². The van der Waals surface area contributed by atoms with Gasteiger partial charge in [0, 0.05) is 10.7 Å². The molecule has 0 fully saturated rings. The van der Waals surface area contributed by atoms with Gasteiger partial charge in [-0.1, -0.05) is 64.8 Å². The second kappa shape index (κ2) is 6.05. The predicted molar refractivity (Wildman–Crippen MR) is 82.6 cm³/mol. The molecule has 0 saturated heterocycles. The van der Waals surface area contributed by atoms with Gasteiger partial charge in [0.1, 0.15) is 5.75 Å². The Hall–Kier alpha value is -1.28. The van der Waals surface area contributed by atoms with Crippen LogP contribution in [-0.2, 0) is 0 Å². The molecule has 0 aliphatic carbocycles. The Morgan fingerprint density at radius 3 is 2.50 bits per heavy atom. The Morgan fingerprint density at radius 1 is 1.17 bits per heavy atom. The Morgan fingerprint density at radius 2 is 1.89 bits per heavy atom. The quantitative estimate of drug-likeness (QED) is 0.719. The average Bonchev–Trinajstić information content (AvgIpc) is 2.44. The molecule has 0 spiro atoms. The van der Waals surface area contributed by atoms with Crippen molar-refractivity contribution in [3.63, 3.8) is 0 Å². The number of rotatable bonds is 4. The highest BCUT2D eigenvalue weighted by molar-refractivity contribution is 9.09. The highest BCUT2D eigenvalue weighted by Gasteiger charge is 2.04. The number of halogens is 1. The maximum absolute atomic E-state index is 5.41. The van der Waals surface area contributed by atoms with E-state index in [4.69, 9.17) is 4.74 Å². The van der Waals surface area contributed by atoms with E-state index in [1.54, 1.807) is 7.11 Å². The number of hydrogen-bond acceptors (Lipinski definition) is 1. The second-order valence-corrected chi connectivity index (χ2v) is 4.75. The van der Waals surface area contributed by atoms with E-state index in [0.717, 1.165) is 17.5 Å². The first-order chi connectivity index (χ1) is 8.80. The molecule has 0 heterocycles. The molecule has 0 unspecified atom stereocenters. The summed E-state index contributed by atoms with van der Waals surface area (Å²) in [6, 6.07) is 12.5. The van der Waals surface area contributed by atoms with Crippen LogP contribution < -0.4 is 4.74 Å². The number of benzene rings is 2. The predicted octanol–water partition coefficient (Wildman–Crippen LogP) is 5.04. The van der Waals surface area contributed by atoms with E-state index in [1.807, 2.05) is 12.1 Å². The maximum Gasteiger partial charge on any atom is 0.126 e. The Bertz CT molecular complexity index is 566. The molecule has 0 aliphatic rings. The van der Waals surface area contributed by atoms with E-state index in [9.17, 15) is 0 Å². The zero-order valence-corrected chi connectivity index (χ0v) is 12.3. The fourth-order valence-corrected chi connectivity index (χ4v) is 2.61. The summed E-state index contributed by atoms with van der Waals surface area (Å²) < 4.78 is 5.41. The molecule has 0 aromatic heterocycles. The Balaban J connectivity index is 2.63. The van der Waals surface area contributed by atoms with Crippen molar-refractivity contribution in [3.8, 4) is 5.75 Å². The number of allylic oxidation sites excluding steroid dienone is 1. The summed E-state index contributed by atoms with van der Waals surface area (Å²) in [5.41, 5.74) is 2.65. The monoisotopic (exact) mass is 304 g/mol. The van der Waals surface area contributed by atoms with Crippen molar-refractivity contribution in [2.24, 2.45) is 0 Å². The minimum absolute atomic E-state index is 0.920. The molecule has 2 rings (SSSR count). The third-order valence-electron chi connectivity index (χ3n) is 3.12. The lowest BCUT2D eigenvalue weighted by atomic mass is 10.0. The van der Waals surface area contributed by atoms with E-state index in [2.05, 4.69) is 53.2 Å². The molecule has 0 bridgehead atoms. The van der Waals surface area contributed by atoms with Gasteiger partial charge in [-0.05, 0) is 23.4 Å². The van der Waals surface area contributed by atoms with Crippen molar-refractivity contribution in [3.05, 3.63) is 47.5 Å². The maximum atomic E-state index is 5.41. The highest BCUT2D eigenvalue weighted by Crippen LogP contribution is 2.29. The van der Waals surface area contributed by atoms with Gasteiger partial charge in [0.05, 0.1) is 7.11 Å². The molecule has 1 nitrogen and oxygen atoms in total. The van der Waals surface area contributed by atoms with Gasteiger partial charge in [0.25, 0.3) is 0 Å². The van der Waals surface area contributed by atoms with Crippen molar-refractivity contribution >= 4 is 32.8 Å². The van der Waals surface area contributed by atoms with Gasteiger partial charge in [-0.2, -0.15) is 0 Å². The third-order valence-corrected chi connectivity index (χ3v) is 3.84. The number of alkyl halides is 1. The smallest absolute Gasteiger partial charge is 0.126 e. The van der Waals surface area contributed by atoms with Gasteiger partial charge in [0.15, 0.2) is 0 Å². The molecule has 2 aromatic rings. The Kier molecular flexibility index (Phi) is 4.43. The van der Waals surface area contributed by atoms with Gasteiger partial charge in [0.2, 0.25) is 0 Å². The lowest BCUT2D eigenvalue weighted by Gasteiger charge is -2.09. The number of methoxy groups -OCH3 is 1. The molecular weight excluding hydrogens is 288 g/mol. The largest absolute Gasteiger partial charge is 0.496 e. The summed E-state index contributed by atoms with van der Waals surface area (Å²) in [7, 11) is 1.72. The summed E-state index contributed by atoms with van der Waals surface area (Å²) in [5, 5.41) is 3.33. The molecular formula is C16H17BrO. The van der Waals surface area contributed by atoms with Crippen LogP contribution in [0.15, 0.2) is 42.0 Å². The van der Waals surface area contributed by atoms with Crippen molar-refractivity contribution in [2.75, 3.05) is 12.4 Å². The molecule has 0 amide bonds. The van der Waals surface area contributed by atoms with Gasteiger partial charge in [-0.15, -0.1) is 0 Å². The van der Waals surface area contributed by atoms with Gasteiger partial charge in [-0.25, -0.2) is 0 Å². The van der Waals surface area contributed by atoms with Crippen LogP contribution in [0.5, 0.6) is 5.75 Å². The van der Waals surface area contributed by atoms with E-state index < -0.39 is 0 Å². The number of hydrogen-bond donors (Lipinski definition) is 0. The molecule has 2 aromatic carbocycles. The van der Waals surface area contributed by atoms with Crippen molar-refractivity contribution in [1.29, 1.82) is 0 Å². The molecule has 94 valence electrons. The van der Waals surface area contributed by atoms with Crippen LogP contribution >= 0.6 is 15.9 Å². The topological polar surface area (TPSA) is 9.23 Å². The van der Waals surface area contributed by atoms with Gasteiger partial charge < -0.3 is 4.74 Å². The van der Waals surface area contributed by atoms with Crippen molar-refractivity contribution in [1.82, 2.24) is 0 Å². The third kappa shape index (κ3) is 2.59. The molecule has 2 heteroatoms. The van der Waals surface area contributed by atoms with Crippen molar-refractivity contribution < 1.29 is 4.74 Å². The van der Waals surface area contributed by atoms with Gasteiger partial charge in [-0.3, -0.25) is 0 Å². The first kappa shape index (κ1) is 13.2. The second-order valence-electron chi connectivity index (χ2n) is 4.19. The van der Waals surface area contributed by atoms with E-state index >= 15 is 0 Å². The summed E-state index contributed by atoms with van der Waals surface area (Å²) in [6.07, 6.45) is 3.32. The van der Waals surface area contributed by atoms with E-state index in [0.29, 0.717) is 0 Å². The zero-order chi connectivity index (χ0) is 13.0. The number of ether oxygens (including phenoxy) is 1. The van der Waals surface area contributed by atoms with Gasteiger partial charge >= 0.3 is 0 Å². The van der Waals surface area contributed by atoms with Crippen LogP contribution in [0.2, 0.25) is 0 Å². The van der Waals surface area contributed by atoms with Crippen molar-refractivity contribution in [2.45, 2.75) is 13.3 Å². The fraction of sp³-hybridized carbons (Fsp3) is 0.250.